The summed E-state index contributed by atoms with van der Waals surface area (Å²) < 4.78 is 74.3. The molecule has 9 heteroatoms. The van der Waals surface area contributed by atoms with Crippen molar-refractivity contribution < 1.29 is 36.2 Å². The largest absolute Gasteiger partial charge is 0.572 e. The Bertz CT molecular complexity index is 1010. The van der Waals surface area contributed by atoms with Crippen molar-refractivity contribution in [3.05, 3.63) is 69.6 Å². The average Bonchev–Trinajstić information content (AvgIpc) is 3.45. The molecule has 1 N–H and O–H groups in total. The minimum absolute atomic E-state index is 0.0532. The maximum absolute atomic E-state index is 14.2. The first-order valence-electron chi connectivity index (χ1n) is 8.06. The maximum atomic E-state index is 14.2. The van der Waals surface area contributed by atoms with Gasteiger partial charge in [-0.05, 0) is 24.3 Å². The van der Waals surface area contributed by atoms with E-state index >= 15 is 0 Å². The number of halogens is 5. The molecule has 1 saturated heterocycles. The van der Waals surface area contributed by atoms with Crippen molar-refractivity contribution >= 4 is 5.78 Å². The van der Waals surface area contributed by atoms with Crippen molar-refractivity contribution in [2.24, 2.45) is 0 Å². The number of alkyl halides is 3. The Balaban J connectivity index is 1.45. The smallest absolute Gasteiger partial charge is 0.408 e. The number of hydrogen-bond acceptors (Lipinski definition) is 4. The van der Waals surface area contributed by atoms with Crippen molar-refractivity contribution in [3.8, 4) is 0 Å². The summed E-state index contributed by atoms with van der Waals surface area (Å²) in [5.74, 6) is -2.45. The van der Waals surface area contributed by atoms with Crippen LogP contribution in [0.4, 0.5) is 22.0 Å². The van der Waals surface area contributed by atoms with E-state index in [1.807, 2.05) is 0 Å². The monoisotopic (exact) mass is 383 g/mol. The molecule has 4 aliphatic rings. The van der Waals surface area contributed by atoms with E-state index in [9.17, 15) is 26.7 Å². The Morgan fingerprint density at radius 3 is 2.59 bits per heavy atom. The zero-order valence-electron chi connectivity index (χ0n) is 13.4. The fourth-order valence-electron chi connectivity index (χ4n) is 3.84. The topological polar surface area (TPSA) is 50.9 Å². The molecule has 2 heterocycles. The Morgan fingerprint density at radius 2 is 1.96 bits per heavy atom. The van der Waals surface area contributed by atoms with E-state index in [1.54, 1.807) is 0 Å². The van der Waals surface area contributed by atoms with E-state index in [-0.39, 0.29) is 35.4 Å². The summed E-state index contributed by atoms with van der Waals surface area (Å²) in [7, 11) is 0. The fourth-order valence-corrected chi connectivity index (χ4v) is 3.84. The molecule has 0 bridgehead atoms. The highest BCUT2D eigenvalue weighted by Gasteiger charge is 2.83. The van der Waals surface area contributed by atoms with Gasteiger partial charge < -0.3 is 14.8 Å². The van der Waals surface area contributed by atoms with E-state index in [4.69, 9.17) is 4.74 Å². The van der Waals surface area contributed by atoms with Crippen LogP contribution in [0.25, 0.3) is 0 Å². The molecule has 1 aromatic rings. The van der Waals surface area contributed by atoms with Crippen LogP contribution in [0.15, 0.2) is 46.9 Å². The molecule has 27 heavy (non-hydrogen) atoms. The maximum Gasteiger partial charge on any atom is 0.572 e. The Morgan fingerprint density at radius 1 is 1.22 bits per heavy atom. The second-order valence-corrected chi connectivity index (χ2v) is 6.64. The first-order chi connectivity index (χ1) is 12.7. The minimum atomic E-state index is -4.78. The van der Waals surface area contributed by atoms with Crippen LogP contribution in [-0.4, -0.2) is 24.8 Å². The molecule has 5 rings (SSSR count). The lowest BCUT2D eigenvalue weighted by atomic mass is 9.86. The molecule has 0 amide bonds. The van der Waals surface area contributed by atoms with Gasteiger partial charge in [0.05, 0.1) is 12.1 Å². The SMILES string of the molecule is O=C1C(CC2=CC=C(OC(F)(F)F)CN2)=C2C3OC23c2c(F)ccc(F)c21. The Labute approximate surface area is 148 Å². The molecule has 2 atom stereocenters. The van der Waals surface area contributed by atoms with Crippen molar-refractivity contribution in [1.82, 2.24) is 5.32 Å². The van der Waals surface area contributed by atoms with E-state index in [1.165, 1.54) is 6.08 Å². The number of carbonyl (C=O) groups excluding carboxylic acids is 1. The third-order valence-corrected chi connectivity index (χ3v) is 5.07. The number of ether oxygens (including phenoxy) is 2. The van der Waals surface area contributed by atoms with Gasteiger partial charge in [-0.2, -0.15) is 0 Å². The Kier molecular flexibility index (Phi) is 3.04. The number of ketones is 1. The lowest BCUT2D eigenvalue weighted by Crippen LogP contribution is -2.27. The minimum Gasteiger partial charge on any atom is -0.408 e. The molecule has 2 aliphatic carbocycles. The quantitative estimate of drug-likeness (QED) is 0.643. The predicted octanol–water partition coefficient (Wildman–Crippen LogP) is 3.36. The molecule has 2 fully saturated rings. The van der Waals surface area contributed by atoms with Gasteiger partial charge in [0.1, 0.15) is 23.5 Å². The summed E-state index contributed by atoms with van der Waals surface area (Å²) in [4.78, 5) is 12.8. The zero-order valence-corrected chi connectivity index (χ0v) is 13.4. The average molecular weight is 383 g/mol. The number of rotatable bonds is 3. The van der Waals surface area contributed by atoms with Crippen LogP contribution in [0.2, 0.25) is 0 Å². The standard InChI is InChI=1S/C18H10F5NO3/c19-10-3-4-11(20)14-12(10)15(25)9(13-16-17(13,14)27-16)5-7-1-2-8(6-24-7)26-18(21,22)23/h1-4,16,24H,5-6H2. The highest BCUT2D eigenvalue weighted by atomic mass is 19.4. The third kappa shape index (κ3) is 2.27. The number of epoxide rings is 1. The number of dihydropyridines is 1. The van der Waals surface area contributed by atoms with Crippen LogP contribution in [0.5, 0.6) is 0 Å². The van der Waals surface area contributed by atoms with Gasteiger partial charge in [0.2, 0.25) is 0 Å². The summed E-state index contributed by atoms with van der Waals surface area (Å²) in [6.07, 6.45) is -2.64. The number of hydrogen-bond donors (Lipinski definition) is 1. The van der Waals surface area contributed by atoms with Crippen molar-refractivity contribution in [1.29, 1.82) is 0 Å². The number of allylic oxidation sites excluding steroid dienone is 3. The van der Waals surface area contributed by atoms with Crippen LogP contribution in [-0.2, 0) is 15.1 Å². The first kappa shape index (κ1) is 16.5. The molecule has 2 unspecified atom stereocenters. The molecule has 1 aromatic carbocycles. The van der Waals surface area contributed by atoms with Crippen LogP contribution >= 0.6 is 0 Å². The van der Waals surface area contributed by atoms with Crippen LogP contribution in [0.1, 0.15) is 22.3 Å². The van der Waals surface area contributed by atoms with Crippen LogP contribution in [0, 0.1) is 11.6 Å². The number of fused-ring (bicyclic) bond motifs is 2. The first-order valence-corrected chi connectivity index (χ1v) is 8.06. The van der Waals surface area contributed by atoms with Gasteiger partial charge in [0.15, 0.2) is 11.4 Å². The van der Waals surface area contributed by atoms with Crippen molar-refractivity contribution in [3.63, 3.8) is 0 Å². The fraction of sp³-hybridized carbons (Fsp3) is 0.278. The van der Waals surface area contributed by atoms with Gasteiger partial charge in [0.25, 0.3) is 0 Å². The second-order valence-electron chi connectivity index (χ2n) is 6.64. The van der Waals surface area contributed by atoms with Gasteiger partial charge in [-0.25, -0.2) is 8.78 Å². The summed E-state index contributed by atoms with van der Waals surface area (Å²) in [5, 5.41) is 2.75. The zero-order chi connectivity index (χ0) is 19.1. The molecule has 0 aromatic heterocycles. The van der Waals surface area contributed by atoms with E-state index in [0.29, 0.717) is 11.3 Å². The lowest BCUT2D eigenvalue weighted by molar-refractivity contribution is -0.305. The molecule has 0 radical (unpaired) electrons. The molecular weight excluding hydrogens is 373 g/mol. The number of carbonyl (C=O) groups is 1. The second kappa shape index (κ2) is 4.98. The lowest BCUT2D eigenvalue weighted by Gasteiger charge is -2.23. The number of Topliss-reactive ketones (excluding diaryl/α,β-unsaturated/α-hetero) is 1. The third-order valence-electron chi connectivity index (χ3n) is 5.07. The predicted molar refractivity (Wildman–Crippen MR) is 80.2 cm³/mol. The van der Waals surface area contributed by atoms with Crippen LogP contribution in [0.3, 0.4) is 0 Å². The molecule has 2 aliphatic heterocycles. The summed E-state index contributed by atoms with van der Waals surface area (Å²) in [6, 6.07) is 1.86. The highest BCUT2D eigenvalue weighted by molar-refractivity contribution is 6.15. The summed E-state index contributed by atoms with van der Waals surface area (Å²) in [5.41, 5.74) is -0.0454. The Hall–Kier alpha value is -2.68. The highest BCUT2D eigenvalue weighted by Crippen LogP contribution is 2.76. The van der Waals surface area contributed by atoms with Gasteiger partial charge in [-0.1, -0.05) is 0 Å². The molecule has 1 spiro atoms. The van der Waals surface area contributed by atoms with E-state index < -0.39 is 35.5 Å². The van der Waals surface area contributed by atoms with Crippen molar-refractivity contribution in [2.75, 3.05) is 6.54 Å². The number of benzene rings is 1. The van der Waals surface area contributed by atoms with Gasteiger partial charge >= 0.3 is 6.36 Å². The van der Waals surface area contributed by atoms with Gasteiger partial charge in [-0.3, -0.25) is 4.79 Å². The molecule has 4 nitrogen and oxygen atoms in total. The van der Waals surface area contributed by atoms with E-state index in [0.717, 1.165) is 18.2 Å². The summed E-state index contributed by atoms with van der Waals surface area (Å²) in [6.45, 7) is -0.202. The van der Waals surface area contributed by atoms with Gasteiger partial charge in [0, 0.05) is 28.8 Å². The van der Waals surface area contributed by atoms with E-state index in [2.05, 4.69) is 10.1 Å². The summed E-state index contributed by atoms with van der Waals surface area (Å²) >= 11 is 0. The van der Waals surface area contributed by atoms with Crippen molar-refractivity contribution in [2.45, 2.75) is 24.5 Å². The van der Waals surface area contributed by atoms with Crippen LogP contribution < -0.4 is 5.32 Å². The normalized spacial score (nSPS) is 27.7. The number of nitrogens with one attached hydrogen (secondary N) is 1. The molecule has 1 saturated carbocycles. The molecule has 140 valence electrons. The van der Waals surface area contributed by atoms with Gasteiger partial charge in [-0.15, -0.1) is 13.2 Å². The molecular formula is C18H10F5NO3.